The maximum atomic E-state index is 9.88. The molecule has 0 radical (unpaired) electrons. The predicted molar refractivity (Wildman–Crippen MR) is 61.1 cm³/mol. The molecule has 1 nitrogen and oxygen atoms in total. The van der Waals surface area contributed by atoms with E-state index in [1.807, 2.05) is 20.8 Å². The van der Waals surface area contributed by atoms with Crippen LogP contribution in [0.1, 0.15) is 33.6 Å². The van der Waals surface area contributed by atoms with E-state index in [2.05, 4.69) is 13.2 Å². The van der Waals surface area contributed by atoms with Gasteiger partial charge in [0.15, 0.2) is 0 Å². The zero-order valence-corrected chi connectivity index (χ0v) is 9.43. The van der Waals surface area contributed by atoms with E-state index in [4.69, 9.17) is 0 Å². The van der Waals surface area contributed by atoms with Gasteiger partial charge in [-0.2, -0.15) is 0 Å². The number of hydrogen-bond donors (Lipinski definition) is 1. The highest BCUT2D eigenvalue weighted by Crippen LogP contribution is 2.35. The van der Waals surface area contributed by atoms with Gasteiger partial charge >= 0.3 is 0 Å². The Morgan fingerprint density at radius 2 is 1.93 bits per heavy atom. The van der Waals surface area contributed by atoms with E-state index in [1.165, 1.54) is 5.57 Å². The van der Waals surface area contributed by atoms with Crippen molar-refractivity contribution in [1.29, 1.82) is 0 Å². The maximum Gasteiger partial charge on any atom is 0.0759 e. The first kappa shape index (κ1) is 11.3. The zero-order chi connectivity index (χ0) is 10.9. The summed E-state index contributed by atoms with van der Waals surface area (Å²) in [5, 5.41) is 9.88. The van der Waals surface area contributed by atoms with Gasteiger partial charge in [-0.15, -0.1) is 0 Å². The Balaban J connectivity index is 2.96. The van der Waals surface area contributed by atoms with Crippen LogP contribution in [-0.4, -0.2) is 11.2 Å². The molecule has 1 N–H and O–H groups in total. The summed E-state index contributed by atoms with van der Waals surface area (Å²) in [7, 11) is 0. The van der Waals surface area contributed by atoms with Gasteiger partial charge in [-0.3, -0.25) is 0 Å². The lowest BCUT2D eigenvalue weighted by Gasteiger charge is -2.30. The minimum atomic E-state index is -0.308. The van der Waals surface area contributed by atoms with Crippen LogP contribution in [0.5, 0.6) is 0 Å². The summed E-state index contributed by atoms with van der Waals surface area (Å²) in [6.07, 6.45) is 1.50. The van der Waals surface area contributed by atoms with Gasteiger partial charge in [0.2, 0.25) is 0 Å². The number of aliphatic hydroxyl groups is 1. The van der Waals surface area contributed by atoms with Crippen molar-refractivity contribution < 1.29 is 5.11 Å². The van der Waals surface area contributed by atoms with Gasteiger partial charge in [0.05, 0.1) is 6.10 Å². The summed E-state index contributed by atoms with van der Waals surface area (Å²) in [4.78, 5) is 0. The normalized spacial score (nSPS) is 27.7. The van der Waals surface area contributed by atoms with Gasteiger partial charge in [0.1, 0.15) is 0 Å². The summed E-state index contributed by atoms with van der Waals surface area (Å²) < 4.78 is 0. The number of aliphatic hydroxyl groups excluding tert-OH is 1. The molecule has 0 aliphatic heterocycles. The first-order valence-electron chi connectivity index (χ1n) is 5.12. The van der Waals surface area contributed by atoms with Crippen molar-refractivity contribution in [3.05, 3.63) is 35.5 Å². The van der Waals surface area contributed by atoms with Crippen molar-refractivity contribution in [2.45, 2.75) is 39.7 Å². The standard InChI is InChI=1S/C13H20O/c1-8(2)11-6-12(9(3)4)10(5)13(14)7-11/h11,13-14H,1,3,6-7H2,2,4-5H3/t11-,13+/m0/s1. The lowest BCUT2D eigenvalue weighted by Crippen LogP contribution is -2.23. The topological polar surface area (TPSA) is 20.2 Å². The molecule has 0 heterocycles. The molecular weight excluding hydrogens is 172 g/mol. The fourth-order valence-electron chi connectivity index (χ4n) is 2.02. The third-order valence-corrected chi connectivity index (χ3v) is 3.15. The van der Waals surface area contributed by atoms with Crippen molar-refractivity contribution in [2.24, 2.45) is 5.92 Å². The summed E-state index contributed by atoms with van der Waals surface area (Å²) in [5.41, 5.74) is 4.56. The number of hydrogen-bond acceptors (Lipinski definition) is 1. The summed E-state index contributed by atoms with van der Waals surface area (Å²) in [6.45, 7) is 14.0. The second kappa shape index (κ2) is 4.14. The molecule has 2 atom stereocenters. The van der Waals surface area contributed by atoms with E-state index < -0.39 is 0 Å². The molecule has 1 aliphatic carbocycles. The number of rotatable bonds is 2. The molecule has 0 unspecified atom stereocenters. The Morgan fingerprint density at radius 1 is 1.36 bits per heavy atom. The molecule has 1 aliphatic rings. The molecule has 0 saturated heterocycles. The van der Waals surface area contributed by atoms with Gasteiger partial charge in [-0.05, 0) is 50.7 Å². The summed E-state index contributed by atoms with van der Waals surface area (Å²) in [5.74, 6) is 0.417. The monoisotopic (exact) mass is 192 g/mol. The highest BCUT2D eigenvalue weighted by atomic mass is 16.3. The smallest absolute Gasteiger partial charge is 0.0759 e. The molecule has 14 heavy (non-hydrogen) atoms. The molecule has 1 heteroatoms. The van der Waals surface area contributed by atoms with Crippen molar-refractivity contribution in [1.82, 2.24) is 0 Å². The van der Waals surface area contributed by atoms with Crippen LogP contribution in [-0.2, 0) is 0 Å². The van der Waals surface area contributed by atoms with Crippen LogP contribution in [0.3, 0.4) is 0 Å². The zero-order valence-electron chi connectivity index (χ0n) is 9.43. The van der Waals surface area contributed by atoms with Gasteiger partial charge in [0.25, 0.3) is 0 Å². The van der Waals surface area contributed by atoms with Crippen LogP contribution in [0, 0.1) is 5.92 Å². The largest absolute Gasteiger partial charge is 0.389 e. The second-order valence-electron chi connectivity index (χ2n) is 4.44. The van der Waals surface area contributed by atoms with Gasteiger partial charge in [0, 0.05) is 0 Å². The molecule has 0 amide bonds. The fraction of sp³-hybridized carbons (Fsp3) is 0.538. The number of allylic oxidation sites excluding steroid dienone is 3. The molecule has 0 fully saturated rings. The molecular formula is C13H20O. The third kappa shape index (κ3) is 2.16. The minimum absolute atomic E-state index is 0.308. The van der Waals surface area contributed by atoms with Crippen molar-refractivity contribution in [2.75, 3.05) is 0 Å². The molecule has 1 rings (SSSR count). The Morgan fingerprint density at radius 3 is 2.36 bits per heavy atom. The van der Waals surface area contributed by atoms with Crippen LogP contribution in [0.2, 0.25) is 0 Å². The van der Waals surface area contributed by atoms with E-state index >= 15 is 0 Å². The third-order valence-electron chi connectivity index (χ3n) is 3.15. The van der Waals surface area contributed by atoms with E-state index in [1.54, 1.807) is 0 Å². The van der Waals surface area contributed by atoms with Crippen molar-refractivity contribution in [3.8, 4) is 0 Å². The Labute approximate surface area is 86.8 Å². The maximum absolute atomic E-state index is 9.88. The van der Waals surface area contributed by atoms with E-state index in [0.29, 0.717) is 5.92 Å². The van der Waals surface area contributed by atoms with E-state index in [-0.39, 0.29) is 6.10 Å². The molecule has 0 bridgehead atoms. The van der Waals surface area contributed by atoms with Gasteiger partial charge in [-0.1, -0.05) is 24.3 Å². The summed E-state index contributed by atoms with van der Waals surface area (Å²) >= 11 is 0. The molecule has 0 aromatic heterocycles. The van der Waals surface area contributed by atoms with Gasteiger partial charge in [-0.25, -0.2) is 0 Å². The van der Waals surface area contributed by atoms with Crippen LogP contribution >= 0.6 is 0 Å². The van der Waals surface area contributed by atoms with Crippen LogP contribution in [0.4, 0.5) is 0 Å². The van der Waals surface area contributed by atoms with E-state index in [9.17, 15) is 5.11 Å². The SMILES string of the molecule is C=C(C)C1=C(C)[C@H](O)C[C@@H](C(=C)C)C1. The highest BCUT2D eigenvalue weighted by molar-refractivity contribution is 5.36. The fourth-order valence-corrected chi connectivity index (χ4v) is 2.02. The van der Waals surface area contributed by atoms with Crippen molar-refractivity contribution >= 4 is 0 Å². The molecule has 0 aromatic rings. The van der Waals surface area contributed by atoms with Crippen LogP contribution < -0.4 is 0 Å². The first-order valence-corrected chi connectivity index (χ1v) is 5.12. The predicted octanol–water partition coefficient (Wildman–Crippen LogP) is 3.23. The molecule has 0 spiro atoms. The second-order valence-corrected chi connectivity index (χ2v) is 4.44. The molecule has 0 saturated carbocycles. The Hall–Kier alpha value is -0.820. The average Bonchev–Trinajstić information content (AvgIpc) is 2.08. The molecule has 0 aromatic carbocycles. The average molecular weight is 192 g/mol. The lowest BCUT2D eigenvalue weighted by atomic mass is 9.78. The minimum Gasteiger partial charge on any atom is -0.389 e. The van der Waals surface area contributed by atoms with Crippen LogP contribution in [0.25, 0.3) is 0 Å². The Bertz CT molecular complexity index is 296. The lowest BCUT2D eigenvalue weighted by molar-refractivity contribution is 0.172. The highest BCUT2D eigenvalue weighted by Gasteiger charge is 2.25. The first-order chi connectivity index (χ1) is 6.43. The van der Waals surface area contributed by atoms with E-state index in [0.717, 1.165) is 29.6 Å². The quantitative estimate of drug-likeness (QED) is 0.666. The van der Waals surface area contributed by atoms with Gasteiger partial charge < -0.3 is 5.11 Å². The molecule has 78 valence electrons. The Kier molecular flexibility index (Phi) is 3.33. The van der Waals surface area contributed by atoms with Crippen LogP contribution in [0.15, 0.2) is 35.5 Å². The summed E-state index contributed by atoms with van der Waals surface area (Å²) in [6, 6.07) is 0. The van der Waals surface area contributed by atoms with Crippen molar-refractivity contribution in [3.63, 3.8) is 0 Å².